The first-order valence-corrected chi connectivity index (χ1v) is 4.69. The molecule has 0 spiro atoms. The Hall–Kier alpha value is -0.170. The van der Waals surface area contributed by atoms with E-state index in [1.807, 2.05) is 0 Å². The van der Waals surface area contributed by atoms with Crippen molar-refractivity contribution in [3.05, 3.63) is 20.5 Å². The zero-order valence-electron chi connectivity index (χ0n) is 6.52. The van der Waals surface area contributed by atoms with Crippen LogP contribution in [0.2, 0.25) is 5.02 Å². The molecule has 13 heavy (non-hydrogen) atoms. The Labute approximate surface area is 92.4 Å². The van der Waals surface area contributed by atoms with Gasteiger partial charge in [-0.25, -0.2) is 8.78 Å². The Morgan fingerprint density at radius 2 is 2.23 bits per heavy atom. The van der Waals surface area contributed by atoms with E-state index >= 15 is 0 Å². The molecule has 0 atom stereocenters. The molecule has 1 aromatic rings. The first-order valence-electron chi connectivity index (χ1n) is 3.24. The number of aromatic nitrogens is 1. The third kappa shape index (κ3) is 2.19. The summed E-state index contributed by atoms with van der Waals surface area (Å²) in [6.45, 7) is 0. The summed E-state index contributed by atoms with van der Waals surface area (Å²) < 4.78 is 29.6. The Bertz CT molecular complexity index is 322. The summed E-state index contributed by atoms with van der Waals surface area (Å²) in [7, 11) is 1.40. The Kier molecular flexibility index (Phi) is 3.66. The zero-order valence-corrected chi connectivity index (χ0v) is 9.44. The van der Waals surface area contributed by atoms with Crippen LogP contribution in [0.4, 0.5) is 8.78 Å². The number of ether oxygens (including phenoxy) is 1. The van der Waals surface area contributed by atoms with Crippen LogP contribution in [0.5, 0.6) is 5.75 Å². The van der Waals surface area contributed by atoms with Gasteiger partial charge in [-0.05, 0) is 22.6 Å². The van der Waals surface area contributed by atoms with Gasteiger partial charge in [0.05, 0.1) is 21.9 Å². The van der Waals surface area contributed by atoms with Gasteiger partial charge in [0.15, 0.2) is 5.75 Å². The van der Waals surface area contributed by atoms with E-state index in [1.54, 1.807) is 22.6 Å². The third-order valence-corrected chi connectivity index (χ3v) is 3.17. The molecule has 72 valence electrons. The number of rotatable bonds is 2. The minimum absolute atomic E-state index is 0.174. The second kappa shape index (κ2) is 4.36. The van der Waals surface area contributed by atoms with Crippen LogP contribution < -0.4 is 4.74 Å². The van der Waals surface area contributed by atoms with E-state index in [2.05, 4.69) is 4.98 Å². The van der Waals surface area contributed by atoms with Crippen LogP contribution in [0.1, 0.15) is 12.1 Å². The average molecular weight is 319 g/mol. The molecular formula is C7H5ClF2INO. The zero-order chi connectivity index (χ0) is 10.0. The van der Waals surface area contributed by atoms with Crippen LogP contribution in [0.3, 0.4) is 0 Å². The van der Waals surface area contributed by atoms with Crippen LogP contribution in [0.25, 0.3) is 0 Å². The Balaban J connectivity index is 3.23. The standard InChI is InChI=1S/C7H5ClF2INO/c1-13-3-2-12-6(7(9)10)5(11)4(3)8/h2,7H,1H3. The minimum Gasteiger partial charge on any atom is -0.494 e. The maximum Gasteiger partial charge on any atom is 0.281 e. The van der Waals surface area contributed by atoms with Crippen molar-refractivity contribution in [1.29, 1.82) is 0 Å². The fourth-order valence-corrected chi connectivity index (χ4v) is 1.62. The number of alkyl halides is 2. The van der Waals surface area contributed by atoms with Crippen molar-refractivity contribution in [1.82, 2.24) is 4.98 Å². The number of nitrogens with zero attached hydrogens (tertiary/aromatic N) is 1. The van der Waals surface area contributed by atoms with Crippen LogP contribution in [0, 0.1) is 3.57 Å². The van der Waals surface area contributed by atoms with Crippen LogP contribution in [0.15, 0.2) is 6.20 Å². The molecule has 0 saturated heterocycles. The van der Waals surface area contributed by atoms with Gasteiger partial charge in [0, 0.05) is 0 Å². The van der Waals surface area contributed by atoms with Gasteiger partial charge in [-0.3, -0.25) is 4.98 Å². The summed E-state index contributed by atoms with van der Waals surface area (Å²) >= 11 is 7.45. The predicted octanol–water partition coefficient (Wildman–Crippen LogP) is 3.29. The summed E-state index contributed by atoms with van der Waals surface area (Å²) in [6.07, 6.45) is -1.43. The predicted molar refractivity (Wildman–Crippen MR) is 53.5 cm³/mol. The molecule has 0 unspecified atom stereocenters. The van der Waals surface area contributed by atoms with Crippen molar-refractivity contribution in [3.63, 3.8) is 0 Å². The van der Waals surface area contributed by atoms with Crippen molar-refractivity contribution in [2.24, 2.45) is 0 Å². The van der Waals surface area contributed by atoms with Crippen LogP contribution >= 0.6 is 34.2 Å². The molecule has 6 heteroatoms. The highest BCUT2D eigenvalue weighted by atomic mass is 127. The Morgan fingerprint density at radius 3 is 2.69 bits per heavy atom. The lowest BCUT2D eigenvalue weighted by Crippen LogP contribution is -1.97. The first kappa shape index (κ1) is 10.9. The third-order valence-electron chi connectivity index (χ3n) is 1.38. The molecule has 0 fully saturated rings. The van der Waals surface area contributed by atoms with E-state index in [1.165, 1.54) is 13.3 Å². The van der Waals surface area contributed by atoms with Gasteiger partial charge in [0.1, 0.15) is 5.69 Å². The lowest BCUT2D eigenvalue weighted by atomic mass is 10.3. The smallest absolute Gasteiger partial charge is 0.281 e. The van der Waals surface area contributed by atoms with Crippen molar-refractivity contribution in [3.8, 4) is 5.75 Å². The normalized spacial score (nSPS) is 10.6. The Morgan fingerprint density at radius 1 is 1.62 bits per heavy atom. The average Bonchev–Trinajstić information content (AvgIpc) is 2.09. The maximum atomic E-state index is 12.3. The van der Waals surface area contributed by atoms with E-state index in [9.17, 15) is 8.78 Å². The van der Waals surface area contributed by atoms with Crippen molar-refractivity contribution >= 4 is 34.2 Å². The van der Waals surface area contributed by atoms with Gasteiger partial charge in [-0.1, -0.05) is 11.6 Å². The molecule has 0 bridgehead atoms. The second-order valence-electron chi connectivity index (χ2n) is 2.14. The molecule has 0 aliphatic heterocycles. The van der Waals surface area contributed by atoms with Crippen LogP contribution in [-0.2, 0) is 0 Å². The largest absolute Gasteiger partial charge is 0.494 e. The number of hydrogen-bond donors (Lipinski definition) is 0. The molecule has 0 N–H and O–H groups in total. The summed E-state index contributed by atoms with van der Waals surface area (Å²) in [5.74, 6) is 0.301. The summed E-state index contributed by atoms with van der Waals surface area (Å²) in [6, 6.07) is 0. The molecule has 0 radical (unpaired) electrons. The van der Waals surface area contributed by atoms with Gasteiger partial charge >= 0.3 is 0 Å². The molecule has 0 amide bonds. The van der Waals surface area contributed by atoms with E-state index in [0.717, 1.165) is 0 Å². The fourth-order valence-electron chi connectivity index (χ4n) is 0.757. The number of methoxy groups -OCH3 is 1. The van der Waals surface area contributed by atoms with E-state index in [4.69, 9.17) is 16.3 Å². The number of hydrogen-bond acceptors (Lipinski definition) is 2. The molecule has 1 heterocycles. The fraction of sp³-hybridized carbons (Fsp3) is 0.286. The highest BCUT2D eigenvalue weighted by Gasteiger charge is 2.18. The summed E-state index contributed by atoms with van der Waals surface area (Å²) in [5.41, 5.74) is -0.314. The monoisotopic (exact) mass is 319 g/mol. The highest BCUT2D eigenvalue weighted by molar-refractivity contribution is 14.1. The van der Waals surface area contributed by atoms with Gasteiger partial charge in [-0.2, -0.15) is 0 Å². The van der Waals surface area contributed by atoms with Gasteiger partial charge < -0.3 is 4.74 Å². The highest BCUT2D eigenvalue weighted by Crippen LogP contribution is 2.33. The molecule has 1 aromatic heterocycles. The molecule has 0 aliphatic carbocycles. The molecule has 0 aliphatic rings. The summed E-state index contributed by atoms with van der Waals surface area (Å²) in [4.78, 5) is 3.54. The maximum absolute atomic E-state index is 12.3. The molecule has 0 saturated carbocycles. The number of halogens is 4. The van der Waals surface area contributed by atoms with Gasteiger partial charge in [0.2, 0.25) is 0 Å². The topological polar surface area (TPSA) is 22.1 Å². The molecule has 2 nitrogen and oxygen atoms in total. The lowest BCUT2D eigenvalue weighted by Gasteiger charge is -2.07. The molecular weight excluding hydrogens is 314 g/mol. The van der Waals surface area contributed by atoms with E-state index < -0.39 is 6.43 Å². The van der Waals surface area contributed by atoms with E-state index in [-0.39, 0.29) is 14.3 Å². The van der Waals surface area contributed by atoms with Crippen molar-refractivity contribution in [2.45, 2.75) is 6.43 Å². The quantitative estimate of drug-likeness (QED) is 0.781. The lowest BCUT2D eigenvalue weighted by molar-refractivity contribution is 0.145. The number of pyridine rings is 1. The minimum atomic E-state index is -2.62. The molecule has 0 aromatic carbocycles. The van der Waals surface area contributed by atoms with Crippen molar-refractivity contribution < 1.29 is 13.5 Å². The second-order valence-corrected chi connectivity index (χ2v) is 3.60. The first-order chi connectivity index (χ1) is 6.07. The summed E-state index contributed by atoms with van der Waals surface area (Å²) in [5, 5.41) is 0.174. The van der Waals surface area contributed by atoms with Crippen molar-refractivity contribution in [2.75, 3.05) is 7.11 Å². The van der Waals surface area contributed by atoms with Gasteiger partial charge in [0.25, 0.3) is 6.43 Å². The molecule has 1 rings (SSSR count). The van der Waals surface area contributed by atoms with E-state index in [0.29, 0.717) is 5.75 Å². The van der Waals surface area contributed by atoms with Crippen LogP contribution in [-0.4, -0.2) is 12.1 Å². The SMILES string of the molecule is COc1cnc(C(F)F)c(I)c1Cl. The van der Waals surface area contributed by atoms with Gasteiger partial charge in [-0.15, -0.1) is 0 Å².